The zero-order chi connectivity index (χ0) is 29.0. The lowest BCUT2D eigenvalue weighted by Crippen LogP contribution is -2.37. The van der Waals surface area contributed by atoms with Crippen LogP contribution in [-0.2, 0) is 14.8 Å². The summed E-state index contributed by atoms with van der Waals surface area (Å²) in [5, 5.41) is 6.38. The van der Waals surface area contributed by atoms with Crippen LogP contribution in [0.3, 0.4) is 0 Å². The van der Waals surface area contributed by atoms with E-state index >= 15 is 0 Å². The number of aryl methyl sites for hydroxylation is 1. The van der Waals surface area contributed by atoms with Crippen molar-refractivity contribution in [2.75, 3.05) is 50.0 Å². The number of urea groups is 1. The van der Waals surface area contributed by atoms with E-state index in [2.05, 4.69) is 20.5 Å². The number of fused-ring (bicyclic) bond motifs is 1. The summed E-state index contributed by atoms with van der Waals surface area (Å²) in [4.78, 5) is 32.7. The Morgan fingerprint density at radius 1 is 1.07 bits per heavy atom. The number of morpholine rings is 1. The maximum absolute atomic E-state index is 13.4. The smallest absolute Gasteiger partial charge is 0.333 e. The number of nitrogens with one attached hydrogen (secondary N) is 3. The van der Waals surface area contributed by atoms with Crippen molar-refractivity contribution in [3.05, 3.63) is 75.1 Å². The Balaban J connectivity index is 1.24. The van der Waals surface area contributed by atoms with Crippen LogP contribution in [0.5, 0.6) is 0 Å². The fourth-order valence-corrected chi connectivity index (χ4v) is 6.93. The van der Waals surface area contributed by atoms with Crippen molar-refractivity contribution in [3.63, 3.8) is 0 Å². The first-order chi connectivity index (χ1) is 19.7. The van der Waals surface area contributed by atoms with Crippen molar-refractivity contribution in [2.45, 2.75) is 17.6 Å². The number of benzene rings is 2. The molecule has 0 atom stereocenters. The predicted molar refractivity (Wildman–Crippen MR) is 161 cm³/mol. The van der Waals surface area contributed by atoms with Gasteiger partial charge in [-0.25, -0.2) is 22.9 Å². The van der Waals surface area contributed by atoms with Crippen LogP contribution < -0.4 is 20.9 Å². The Morgan fingerprint density at radius 3 is 2.51 bits per heavy atom. The van der Waals surface area contributed by atoms with Crippen molar-refractivity contribution >= 4 is 61.3 Å². The van der Waals surface area contributed by atoms with E-state index < -0.39 is 16.1 Å². The van der Waals surface area contributed by atoms with Crippen molar-refractivity contribution in [2.24, 2.45) is 0 Å². The molecule has 4 aromatic rings. The van der Waals surface area contributed by atoms with Gasteiger partial charge in [-0.1, -0.05) is 11.6 Å². The number of carbonyl (C=O) groups is 1. The zero-order valence-corrected chi connectivity index (χ0v) is 24.6. The van der Waals surface area contributed by atoms with E-state index in [9.17, 15) is 18.0 Å². The first kappa shape index (κ1) is 29.0. The molecule has 0 aliphatic carbocycles. The molecule has 2 amide bonds. The maximum atomic E-state index is 13.4. The molecule has 3 N–H and O–H groups in total. The number of amides is 2. The van der Waals surface area contributed by atoms with Gasteiger partial charge in [0, 0.05) is 31.0 Å². The molecule has 1 aliphatic rings. The molecule has 11 nitrogen and oxygen atoms in total. The molecule has 0 saturated carbocycles. The SMILES string of the molecule is Cc1nc2cc(NCCCN3CCOCC3)ccc2c(=O)n1-c1ccc(NC(=O)NS(=O)(=O)c2ccc(Cl)s2)cc1. The summed E-state index contributed by atoms with van der Waals surface area (Å²) in [6, 6.07) is 13.8. The standard InChI is InChI=1S/C27H29ClN6O5S2/c1-18-30-23-17-20(29-11-2-12-33-13-15-39-16-14-33)5-8-22(23)26(35)34(18)21-6-3-19(4-7-21)31-27(36)32-41(37,38)25-10-9-24(28)40-25/h3-10,17,29H,2,11-16H2,1H3,(H2,31,32,36). The summed E-state index contributed by atoms with van der Waals surface area (Å²) in [5.74, 6) is 0.506. The number of anilines is 2. The summed E-state index contributed by atoms with van der Waals surface area (Å²) in [7, 11) is -4.05. The molecule has 1 aliphatic heterocycles. The van der Waals surface area contributed by atoms with Crippen LogP contribution in [0.15, 0.2) is 63.6 Å². The second-order valence-electron chi connectivity index (χ2n) is 9.43. The first-order valence-corrected chi connectivity index (χ1v) is 15.6. The molecule has 1 fully saturated rings. The van der Waals surface area contributed by atoms with Crippen LogP contribution in [0, 0.1) is 6.92 Å². The molecule has 2 aromatic heterocycles. The van der Waals surface area contributed by atoms with Gasteiger partial charge in [0.1, 0.15) is 10.0 Å². The number of nitrogens with zero attached hydrogens (tertiary/aromatic N) is 3. The first-order valence-electron chi connectivity index (χ1n) is 13.0. The fraction of sp³-hybridized carbons (Fsp3) is 0.296. The quantitative estimate of drug-likeness (QED) is 0.240. The number of rotatable bonds is 9. The molecule has 0 radical (unpaired) electrons. The monoisotopic (exact) mass is 616 g/mol. The molecule has 41 heavy (non-hydrogen) atoms. The molecular formula is C27H29ClN6O5S2. The van der Waals surface area contributed by atoms with E-state index in [1.54, 1.807) is 37.3 Å². The lowest BCUT2D eigenvalue weighted by Gasteiger charge is -2.26. The number of sulfonamides is 1. The van der Waals surface area contributed by atoms with Crippen molar-refractivity contribution in [1.29, 1.82) is 0 Å². The number of hydrogen-bond donors (Lipinski definition) is 3. The Bertz CT molecular complexity index is 1720. The van der Waals surface area contributed by atoms with Gasteiger partial charge in [0.25, 0.3) is 15.6 Å². The molecule has 0 spiro atoms. The second-order valence-corrected chi connectivity index (χ2v) is 13.1. The Morgan fingerprint density at radius 2 is 1.80 bits per heavy atom. The Labute approximate surface area is 246 Å². The van der Waals surface area contributed by atoms with Gasteiger partial charge in [0.15, 0.2) is 0 Å². The predicted octanol–water partition coefficient (Wildman–Crippen LogP) is 4.05. The molecular weight excluding hydrogens is 588 g/mol. The van der Waals surface area contributed by atoms with Crippen molar-refractivity contribution in [3.8, 4) is 5.69 Å². The summed E-state index contributed by atoms with van der Waals surface area (Å²) in [5.41, 5.74) is 2.19. The summed E-state index contributed by atoms with van der Waals surface area (Å²) in [6.07, 6.45) is 0.998. The fourth-order valence-electron chi connectivity index (χ4n) is 4.54. The number of aromatic nitrogens is 2. The van der Waals surface area contributed by atoms with E-state index in [1.807, 2.05) is 16.9 Å². The van der Waals surface area contributed by atoms with Crippen LogP contribution in [0.2, 0.25) is 4.34 Å². The number of hydrogen-bond acceptors (Lipinski definition) is 9. The topological polar surface area (TPSA) is 135 Å². The molecule has 0 bridgehead atoms. The van der Waals surface area contributed by atoms with Gasteiger partial charge in [-0.15, -0.1) is 11.3 Å². The normalized spacial score (nSPS) is 14.2. The number of carbonyl (C=O) groups excluding carboxylic acids is 1. The average Bonchev–Trinajstić information content (AvgIpc) is 3.39. The maximum Gasteiger partial charge on any atom is 0.333 e. The molecule has 0 unspecified atom stereocenters. The second kappa shape index (κ2) is 12.6. The van der Waals surface area contributed by atoms with Crippen LogP contribution in [0.25, 0.3) is 16.6 Å². The van der Waals surface area contributed by atoms with Gasteiger partial charge in [0.2, 0.25) is 0 Å². The van der Waals surface area contributed by atoms with E-state index in [0.29, 0.717) is 32.4 Å². The minimum absolute atomic E-state index is 0.0710. The molecule has 2 aromatic carbocycles. The van der Waals surface area contributed by atoms with E-state index in [-0.39, 0.29) is 9.77 Å². The van der Waals surface area contributed by atoms with Gasteiger partial charge in [-0.2, -0.15) is 0 Å². The number of thiophene rings is 1. The lowest BCUT2D eigenvalue weighted by molar-refractivity contribution is 0.0378. The highest BCUT2D eigenvalue weighted by atomic mass is 35.5. The molecule has 216 valence electrons. The largest absolute Gasteiger partial charge is 0.385 e. The minimum Gasteiger partial charge on any atom is -0.385 e. The molecule has 3 heterocycles. The highest BCUT2D eigenvalue weighted by Gasteiger charge is 2.20. The Hall–Kier alpha value is -3.49. The van der Waals surface area contributed by atoms with Crippen LogP contribution in [0.4, 0.5) is 16.2 Å². The van der Waals surface area contributed by atoms with Gasteiger partial charge in [-0.05, 0) is 74.5 Å². The van der Waals surface area contributed by atoms with Crippen molar-refractivity contribution < 1.29 is 17.9 Å². The Kier molecular flexibility index (Phi) is 8.90. The zero-order valence-electron chi connectivity index (χ0n) is 22.2. The lowest BCUT2D eigenvalue weighted by atomic mass is 10.2. The average molecular weight is 617 g/mol. The third-order valence-electron chi connectivity index (χ3n) is 6.54. The van der Waals surface area contributed by atoms with Crippen molar-refractivity contribution in [1.82, 2.24) is 19.2 Å². The van der Waals surface area contributed by atoms with Crippen LogP contribution in [0.1, 0.15) is 12.2 Å². The van der Waals surface area contributed by atoms with E-state index in [1.165, 1.54) is 16.7 Å². The number of ether oxygens (including phenoxy) is 1. The van der Waals surface area contributed by atoms with Crippen LogP contribution >= 0.6 is 22.9 Å². The molecule has 5 rings (SSSR count). The third kappa shape index (κ3) is 7.05. The van der Waals surface area contributed by atoms with Gasteiger partial charge < -0.3 is 15.4 Å². The van der Waals surface area contributed by atoms with Gasteiger partial charge >= 0.3 is 6.03 Å². The minimum atomic E-state index is -4.05. The third-order valence-corrected chi connectivity index (χ3v) is 9.60. The molecule has 14 heteroatoms. The van der Waals surface area contributed by atoms with E-state index in [4.69, 9.17) is 16.3 Å². The van der Waals surface area contributed by atoms with Gasteiger partial charge in [-0.3, -0.25) is 14.3 Å². The summed E-state index contributed by atoms with van der Waals surface area (Å²) in [6.45, 7) is 7.09. The summed E-state index contributed by atoms with van der Waals surface area (Å²) < 4.78 is 33.7. The van der Waals surface area contributed by atoms with E-state index in [0.717, 1.165) is 62.8 Å². The highest BCUT2D eigenvalue weighted by Crippen LogP contribution is 2.25. The van der Waals surface area contributed by atoms with Gasteiger partial charge in [0.05, 0.1) is 34.1 Å². The summed E-state index contributed by atoms with van der Waals surface area (Å²) >= 11 is 6.64. The number of halogens is 1. The molecule has 1 saturated heterocycles. The highest BCUT2D eigenvalue weighted by molar-refractivity contribution is 7.92. The van der Waals surface area contributed by atoms with Crippen LogP contribution in [-0.4, -0.2) is 68.3 Å².